The molecule has 0 aliphatic rings. The first kappa shape index (κ1) is 26.3. The molecule has 0 aliphatic carbocycles. The molecule has 0 amide bonds. The molecular formula is C19H39NO5SSi. The van der Waals surface area contributed by atoms with E-state index >= 15 is 0 Å². The van der Waals surface area contributed by atoms with E-state index in [-0.39, 0.29) is 18.3 Å². The van der Waals surface area contributed by atoms with Crippen LogP contribution in [0, 0.1) is 0 Å². The molecule has 0 fully saturated rings. The lowest BCUT2D eigenvalue weighted by Gasteiger charge is -2.37. The number of sulfonamides is 1. The van der Waals surface area contributed by atoms with Crippen LogP contribution in [0.3, 0.4) is 0 Å². The number of esters is 1. The molecule has 1 N–H and O–H groups in total. The van der Waals surface area contributed by atoms with Gasteiger partial charge >= 0.3 is 5.97 Å². The van der Waals surface area contributed by atoms with Gasteiger partial charge in [0, 0.05) is 0 Å². The minimum absolute atomic E-state index is 0.00859. The van der Waals surface area contributed by atoms with Crippen LogP contribution < -0.4 is 4.72 Å². The maximum Gasteiger partial charge on any atom is 0.328 e. The van der Waals surface area contributed by atoms with Crippen molar-refractivity contribution < 1.29 is 22.4 Å². The van der Waals surface area contributed by atoms with Gasteiger partial charge in [-0.1, -0.05) is 33.8 Å². The van der Waals surface area contributed by atoms with Gasteiger partial charge in [-0.3, -0.25) is 0 Å². The van der Waals surface area contributed by atoms with Crippen molar-refractivity contribution in [2.24, 2.45) is 0 Å². The highest BCUT2D eigenvalue weighted by molar-refractivity contribution is 7.90. The number of allylic oxidation sites excluding steroid dienone is 1. The molecule has 8 heteroatoms. The molecule has 27 heavy (non-hydrogen) atoms. The van der Waals surface area contributed by atoms with Gasteiger partial charge in [-0.2, -0.15) is 4.72 Å². The number of ether oxygens (including phenoxy) is 1. The van der Waals surface area contributed by atoms with E-state index in [1.165, 1.54) is 0 Å². The number of rotatable bonds is 9. The summed E-state index contributed by atoms with van der Waals surface area (Å²) in [4.78, 5) is 12.6. The first-order valence-electron chi connectivity index (χ1n) is 9.51. The van der Waals surface area contributed by atoms with Crippen molar-refractivity contribution in [1.29, 1.82) is 0 Å². The average Bonchev–Trinajstić information content (AvgIpc) is 2.47. The third-order valence-electron chi connectivity index (χ3n) is 4.84. The van der Waals surface area contributed by atoms with Crippen LogP contribution in [0.15, 0.2) is 11.6 Å². The molecule has 0 unspecified atom stereocenters. The molecule has 0 radical (unpaired) electrons. The molecule has 0 aromatic carbocycles. The zero-order valence-electron chi connectivity index (χ0n) is 18.7. The summed E-state index contributed by atoms with van der Waals surface area (Å²) in [6, 6.07) is -1.08. The summed E-state index contributed by atoms with van der Waals surface area (Å²) in [7, 11) is -5.80. The second-order valence-electron chi connectivity index (χ2n) is 9.15. The molecule has 160 valence electrons. The van der Waals surface area contributed by atoms with E-state index in [4.69, 9.17) is 9.16 Å². The number of hydrogen-bond donors (Lipinski definition) is 1. The van der Waals surface area contributed by atoms with Gasteiger partial charge in [-0.15, -0.1) is 0 Å². The van der Waals surface area contributed by atoms with Gasteiger partial charge in [0.25, 0.3) is 0 Å². The number of nitrogens with one attached hydrogen (secondary N) is 1. The van der Waals surface area contributed by atoms with Crippen molar-refractivity contribution in [3.63, 3.8) is 0 Å². The number of carbonyl (C=O) groups is 1. The Hall–Kier alpha value is -0.703. The van der Waals surface area contributed by atoms with Gasteiger partial charge in [0.2, 0.25) is 10.0 Å². The van der Waals surface area contributed by atoms with Crippen LogP contribution in [0.25, 0.3) is 0 Å². The van der Waals surface area contributed by atoms with Gasteiger partial charge in [0.1, 0.15) is 6.04 Å². The minimum Gasteiger partial charge on any atom is -0.465 e. The first-order chi connectivity index (χ1) is 12.0. The molecule has 0 saturated heterocycles. The molecular weight excluding hydrogens is 382 g/mol. The summed E-state index contributed by atoms with van der Waals surface area (Å²) < 4.78 is 38.2. The van der Waals surface area contributed by atoms with Crippen LogP contribution in [0.1, 0.15) is 61.8 Å². The quantitative estimate of drug-likeness (QED) is 0.346. The van der Waals surface area contributed by atoms with Crippen LogP contribution in [0.4, 0.5) is 0 Å². The third kappa shape index (κ3) is 7.67. The second-order valence-corrected chi connectivity index (χ2v) is 16.4. The van der Waals surface area contributed by atoms with Crippen molar-refractivity contribution in [2.45, 2.75) is 90.7 Å². The van der Waals surface area contributed by atoms with Crippen molar-refractivity contribution in [2.75, 3.05) is 13.2 Å². The van der Waals surface area contributed by atoms with Crippen molar-refractivity contribution >= 4 is 24.3 Å². The van der Waals surface area contributed by atoms with Gasteiger partial charge in [-0.05, 0) is 57.8 Å². The van der Waals surface area contributed by atoms with Crippen LogP contribution in [0.5, 0.6) is 0 Å². The Balaban J connectivity index is 5.81. The fourth-order valence-electron chi connectivity index (χ4n) is 1.84. The standard InChI is InChI=1S/C19H39NO5SSi/c1-11-13-15(14-25-27(9,10)19(6,7)8)16(17(21)24-12-2)20-26(22,23)18(3,4)5/h13,16,20H,11-12,14H2,1-10H3/b15-13-/t16-/m0/s1. The molecule has 0 rings (SSSR count). The zero-order valence-corrected chi connectivity index (χ0v) is 20.5. The normalized spacial score (nSPS) is 15.6. The fraction of sp³-hybridized carbons (Fsp3) is 0.842. The smallest absolute Gasteiger partial charge is 0.328 e. The van der Waals surface area contributed by atoms with Crippen LogP contribution in [-0.2, 0) is 24.0 Å². The monoisotopic (exact) mass is 421 g/mol. The lowest BCUT2D eigenvalue weighted by molar-refractivity contribution is -0.144. The Morgan fingerprint density at radius 3 is 2.00 bits per heavy atom. The predicted molar refractivity (Wildman–Crippen MR) is 114 cm³/mol. The van der Waals surface area contributed by atoms with Crippen molar-refractivity contribution in [1.82, 2.24) is 4.72 Å². The molecule has 0 heterocycles. The molecule has 1 atom stereocenters. The van der Waals surface area contributed by atoms with Gasteiger partial charge < -0.3 is 9.16 Å². The molecule has 0 aliphatic heterocycles. The Morgan fingerprint density at radius 1 is 1.11 bits per heavy atom. The van der Waals surface area contributed by atoms with E-state index in [2.05, 4.69) is 38.6 Å². The van der Waals surface area contributed by atoms with E-state index < -0.39 is 35.1 Å². The van der Waals surface area contributed by atoms with Crippen LogP contribution in [0.2, 0.25) is 18.1 Å². The SMILES string of the molecule is CC/C=C(/CO[Si](C)(C)C(C)(C)C)[C@H](NS(=O)(=O)C(C)(C)C)C(=O)OCC. The van der Waals surface area contributed by atoms with E-state index in [9.17, 15) is 13.2 Å². The highest BCUT2D eigenvalue weighted by atomic mass is 32.2. The molecule has 0 aromatic rings. The van der Waals surface area contributed by atoms with Crippen molar-refractivity contribution in [3.8, 4) is 0 Å². The van der Waals surface area contributed by atoms with Crippen LogP contribution in [-0.4, -0.2) is 46.7 Å². The van der Waals surface area contributed by atoms with Gasteiger partial charge in [0.15, 0.2) is 8.32 Å². The largest absolute Gasteiger partial charge is 0.465 e. The van der Waals surface area contributed by atoms with E-state index in [0.717, 1.165) is 0 Å². The Bertz CT molecular complexity index is 627. The Kier molecular flexibility index (Phi) is 9.42. The maximum atomic E-state index is 12.7. The molecule has 0 bridgehead atoms. The van der Waals surface area contributed by atoms with Crippen molar-refractivity contribution in [3.05, 3.63) is 11.6 Å². The third-order valence-corrected chi connectivity index (χ3v) is 11.5. The van der Waals surface area contributed by atoms with Gasteiger partial charge in [0.05, 0.1) is 18.0 Å². The van der Waals surface area contributed by atoms with E-state index in [0.29, 0.717) is 12.0 Å². The van der Waals surface area contributed by atoms with E-state index in [1.54, 1.807) is 27.7 Å². The summed E-state index contributed by atoms with van der Waals surface area (Å²) in [5.41, 5.74) is 0.591. The molecule has 0 aromatic heterocycles. The Labute approximate surface area is 167 Å². The molecule has 0 spiro atoms. The second kappa shape index (κ2) is 9.67. The zero-order chi connectivity index (χ0) is 21.7. The fourth-order valence-corrected chi connectivity index (χ4v) is 3.71. The minimum atomic E-state index is -3.74. The summed E-state index contributed by atoms with van der Waals surface area (Å²) in [5.74, 6) is -0.608. The topological polar surface area (TPSA) is 81.7 Å². The molecule has 0 saturated carbocycles. The Morgan fingerprint density at radius 2 is 1.63 bits per heavy atom. The number of hydrogen-bond acceptors (Lipinski definition) is 5. The lowest BCUT2D eigenvalue weighted by atomic mass is 10.1. The number of carbonyl (C=O) groups excluding carboxylic acids is 1. The van der Waals surface area contributed by atoms with Crippen LogP contribution >= 0.6 is 0 Å². The highest BCUT2D eigenvalue weighted by Crippen LogP contribution is 2.37. The predicted octanol–water partition coefficient (Wildman–Crippen LogP) is 3.99. The maximum absolute atomic E-state index is 12.7. The summed E-state index contributed by atoms with van der Waals surface area (Å²) in [5, 5.41) is 0.00859. The summed E-state index contributed by atoms with van der Waals surface area (Å²) in [6.07, 6.45) is 2.50. The highest BCUT2D eigenvalue weighted by Gasteiger charge is 2.39. The van der Waals surface area contributed by atoms with Gasteiger partial charge in [-0.25, -0.2) is 13.2 Å². The summed E-state index contributed by atoms with van der Waals surface area (Å²) >= 11 is 0. The first-order valence-corrected chi connectivity index (χ1v) is 13.9. The average molecular weight is 422 g/mol. The molecule has 6 nitrogen and oxygen atoms in total. The lowest BCUT2D eigenvalue weighted by Crippen LogP contribution is -2.50. The van der Waals surface area contributed by atoms with E-state index in [1.807, 2.05) is 13.0 Å². The summed E-state index contributed by atoms with van der Waals surface area (Å²) in [6.45, 7) is 19.4.